The number of amides is 1. The highest BCUT2D eigenvalue weighted by atomic mass is 16.1. The predicted octanol–water partition coefficient (Wildman–Crippen LogP) is 3.26. The van der Waals surface area contributed by atoms with E-state index in [0.717, 1.165) is 28.6 Å². The van der Waals surface area contributed by atoms with E-state index in [2.05, 4.69) is 22.2 Å². The molecule has 0 spiro atoms. The van der Waals surface area contributed by atoms with E-state index in [1.807, 2.05) is 48.9 Å². The van der Waals surface area contributed by atoms with Crippen LogP contribution in [0.5, 0.6) is 0 Å². The molecule has 0 saturated carbocycles. The van der Waals surface area contributed by atoms with Crippen molar-refractivity contribution in [2.45, 2.75) is 39.8 Å². The van der Waals surface area contributed by atoms with Gasteiger partial charge in [0.1, 0.15) is 0 Å². The molecule has 0 aliphatic heterocycles. The third kappa shape index (κ3) is 3.30. The highest BCUT2D eigenvalue weighted by Gasteiger charge is 2.16. The van der Waals surface area contributed by atoms with Crippen molar-refractivity contribution < 1.29 is 4.79 Å². The Morgan fingerprint density at radius 3 is 2.88 bits per heavy atom. The summed E-state index contributed by atoms with van der Waals surface area (Å²) < 4.78 is 1.98. The Morgan fingerprint density at radius 1 is 1.33 bits per heavy atom. The Hall–Kier alpha value is -2.69. The molecule has 1 aromatic carbocycles. The number of pyridine rings is 1. The lowest BCUT2D eigenvalue weighted by atomic mass is 10.0. The monoisotopic (exact) mass is 322 g/mol. The fourth-order valence-corrected chi connectivity index (χ4v) is 2.90. The van der Waals surface area contributed by atoms with Crippen molar-refractivity contribution in [3.05, 3.63) is 59.8 Å². The summed E-state index contributed by atoms with van der Waals surface area (Å²) in [5.41, 5.74) is 3.51. The third-order valence-corrected chi connectivity index (χ3v) is 4.23. The predicted molar refractivity (Wildman–Crippen MR) is 95.0 cm³/mol. The number of benzene rings is 1. The second-order valence-electron chi connectivity index (χ2n) is 6.12. The Bertz CT molecular complexity index is 855. The number of carbonyl (C=O) groups is 1. The second kappa shape index (κ2) is 6.83. The molecular weight excluding hydrogens is 300 g/mol. The van der Waals surface area contributed by atoms with E-state index in [-0.39, 0.29) is 11.9 Å². The summed E-state index contributed by atoms with van der Waals surface area (Å²) in [6.07, 6.45) is 6.27. The minimum Gasteiger partial charge on any atom is -0.347 e. The lowest BCUT2D eigenvalue weighted by molar-refractivity contribution is 0.0933. The number of hydrogen-bond donors (Lipinski definition) is 1. The SMILES string of the molecule is CCC(Cn1ccnc1)NC(=O)c1cc(C)nc2c(C)cccc12. The average molecular weight is 322 g/mol. The molecule has 1 unspecified atom stereocenters. The van der Waals surface area contributed by atoms with E-state index < -0.39 is 0 Å². The quantitative estimate of drug-likeness (QED) is 0.784. The van der Waals surface area contributed by atoms with E-state index in [1.165, 1.54) is 0 Å². The number of aromatic nitrogens is 3. The van der Waals surface area contributed by atoms with Crippen LogP contribution in [0.3, 0.4) is 0 Å². The van der Waals surface area contributed by atoms with Crippen LogP contribution in [0.15, 0.2) is 43.0 Å². The van der Waals surface area contributed by atoms with E-state index in [1.54, 1.807) is 12.5 Å². The van der Waals surface area contributed by atoms with Gasteiger partial charge in [0, 0.05) is 36.1 Å². The molecule has 3 rings (SSSR count). The summed E-state index contributed by atoms with van der Waals surface area (Å²) in [5, 5.41) is 4.04. The van der Waals surface area contributed by atoms with Crippen LogP contribution in [0.2, 0.25) is 0 Å². The first kappa shape index (κ1) is 16.2. The van der Waals surface area contributed by atoms with Crippen LogP contribution in [-0.4, -0.2) is 26.5 Å². The number of para-hydroxylation sites is 1. The molecule has 0 saturated heterocycles. The summed E-state index contributed by atoms with van der Waals surface area (Å²) in [5.74, 6) is -0.0527. The standard InChI is InChI=1S/C19H22N4O/c1-4-15(11-23-9-8-20-12-23)22-19(24)17-10-14(3)21-18-13(2)6-5-7-16(17)18/h5-10,12,15H,4,11H2,1-3H3,(H,22,24). The fourth-order valence-electron chi connectivity index (χ4n) is 2.90. The van der Waals surface area contributed by atoms with Crippen LogP contribution in [-0.2, 0) is 6.54 Å². The first-order valence-electron chi connectivity index (χ1n) is 8.22. The molecule has 5 heteroatoms. The molecule has 2 heterocycles. The molecule has 0 radical (unpaired) electrons. The maximum absolute atomic E-state index is 12.9. The second-order valence-corrected chi connectivity index (χ2v) is 6.12. The summed E-state index contributed by atoms with van der Waals surface area (Å²) in [4.78, 5) is 21.5. The van der Waals surface area contributed by atoms with Crippen molar-refractivity contribution in [3.8, 4) is 0 Å². The Balaban J connectivity index is 1.89. The van der Waals surface area contributed by atoms with E-state index in [4.69, 9.17) is 0 Å². The largest absolute Gasteiger partial charge is 0.347 e. The number of nitrogens with zero attached hydrogens (tertiary/aromatic N) is 3. The van der Waals surface area contributed by atoms with Gasteiger partial charge >= 0.3 is 0 Å². The van der Waals surface area contributed by atoms with Crippen LogP contribution in [0.1, 0.15) is 35.0 Å². The van der Waals surface area contributed by atoms with Gasteiger partial charge in [0.25, 0.3) is 5.91 Å². The number of fused-ring (bicyclic) bond motifs is 1. The summed E-state index contributed by atoms with van der Waals surface area (Å²) >= 11 is 0. The maximum atomic E-state index is 12.9. The van der Waals surface area contributed by atoms with E-state index >= 15 is 0 Å². The molecule has 24 heavy (non-hydrogen) atoms. The average Bonchev–Trinajstić information content (AvgIpc) is 3.07. The zero-order valence-electron chi connectivity index (χ0n) is 14.3. The lowest BCUT2D eigenvalue weighted by Crippen LogP contribution is -2.37. The van der Waals surface area contributed by atoms with Crippen molar-refractivity contribution in [2.75, 3.05) is 0 Å². The van der Waals surface area contributed by atoms with Crippen molar-refractivity contribution in [2.24, 2.45) is 0 Å². The minimum atomic E-state index is -0.0527. The molecule has 2 aromatic heterocycles. The smallest absolute Gasteiger partial charge is 0.252 e. The van der Waals surface area contributed by atoms with Crippen LogP contribution >= 0.6 is 0 Å². The number of hydrogen-bond acceptors (Lipinski definition) is 3. The Kier molecular flexibility index (Phi) is 4.60. The van der Waals surface area contributed by atoms with Crippen LogP contribution in [0.25, 0.3) is 10.9 Å². The van der Waals surface area contributed by atoms with Gasteiger partial charge in [-0.1, -0.05) is 25.1 Å². The van der Waals surface area contributed by atoms with Crippen LogP contribution in [0.4, 0.5) is 0 Å². The Labute approximate surface area is 141 Å². The number of aryl methyl sites for hydroxylation is 2. The molecule has 5 nitrogen and oxygen atoms in total. The number of rotatable bonds is 5. The van der Waals surface area contributed by atoms with Gasteiger partial charge in [-0.15, -0.1) is 0 Å². The van der Waals surface area contributed by atoms with Gasteiger partial charge in [-0.25, -0.2) is 4.98 Å². The van der Waals surface area contributed by atoms with Gasteiger partial charge in [0.05, 0.1) is 17.4 Å². The summed E-state index contributed by atoms with van der Waals surface area (Å²) in [6, 6.07) is 7.86. The molecule has 0 fully saturated rings. The molecule has 3 aromatic rings. The zero-order valence-corrected chi connectivity index (χ0v) is 14.3. The molecular formula is C19H22N4O. The molecule has 124 valence electrons. The third-order valence-electron chi connectivity index (χ3n) is 4.23. The van der Waals surface area contributed by atoms with Gasteiger partial charge in [-0.2, -0.15) is 0 Å². The van der Waals surface area contributed by atoms with Crippen molar-refractivity contribution in [3.63, 3.8) is 0 Å². The summed E-state index contributed by atoms with van der Waals surface area (Å²) in [7, 11) is 0. The first-order valence-corrected chi connectivity index (χ1v) is 8.22. The number of carbonyl (C=O) groups excluding carboxylic acids is 1. The molecule has 1 atom stereocenters. The normalized spacial score (nSPS) is 12.3. The van der Waals surface area contributed by atoms with Crippen molar-refractivity contribution in [1.29, 1.82) is 0 Å². The lowest BCUT2D eigenvalue weighted by Gasteiger charge is -2.18. The van der Waals surface area contributed by atoms with E-state index in [0.29, 0.717) is 12.1 Å². The molecule has 0 aliphatic carbocycles. The maximum Gasteiger partial charge on any atom is 0.252 e. The number of imidazole rings is 1. The van der Waals surface area contributed by atoms with Gasteiger partial charge in [0.15, 0.2) is 0 Å². The van der Waals surface area contributed by atoms with Crippen LogP contribution in [0, 0.1) is 13.8 Å². The molecule has 0 bridgehead atoms. The Morgan fingerprint density at radius 2 is 2.17 bits per heavy atom. The van der Waals surface area contributed by atoms with Gasteiger partial charge < -0.3 is 9.88 Å². The van der Waals surface area contributed by atoms with Gasteiger partial charge in [0.2, 0.25) is 0 Å². The molecule has 1 amide bonds. The zero-order chi connectivity index (χ0) is 17.1. The number of nitrogens with one attached hydrogen (secondary N) is 1. The van der Waals surface area contributed by atoms with Gasteiger partial charge in [-0.3, -0.25) is 9.78 Å². The van der Waals surface area contributed by atoms with Crippen molar-refractivity contribution >= 4 is 16.8 Å². The minimum absolute atomic E-state index is 0.0527. The molecule has 1 N–H and O–H groups in total. The van der Waals surface area contributed by atoms with Crippen LogP contribution < -0.4 is 5.32 Å². The molecule has 0 aliphatic rings. The first-order chi connectivity index (χ1) is 11.6. The highest BCUT2D eigenvalue weighted by molar-refractivity contribution is 6.06. The highest BCUT2D eigenvalue weighted by Crippen LogP contribution is 2.21. The fraction of sp³-hybridized carbons (Fsp3) is 0.316. The van der Waals surface area contributed by atoms with Gasteiger partial charge in [-0.05, 0) is 31.9 Å². The van der Waals surface area contributed by atoms with Crippen molar-refractivity contribution in [1.82, 2.24) is 19.9 Å². The topological polar surface area (TPSA) is 59.8 Å². The van der Waals surface area contributed by atoms with E-state index in [9.17, 15) is 4.79 Å². The summed E-state index contributed by atoms with van der Waals surface area (Å²) in [6.45, 7) is 6.72.